The predicted molar refractivity (Wildman–Crippen MR) is 98.4 cm³/mol. The van der Waals surface area contributed by atoms with Gasteiger partial charge in [-0.15, -0.1) is 5.10 Å². The molecule has 3 rings (SSSR count). The molecule has 0 saturated heterocycles. The predicted octanol–water partition coefficient (Wildman–Crippen LogP) is 3.59. The number of carbonyl (C=O) groups is 1. The number of amidine groups is 1. The zero-order valence-electron chi connectivity index (χ0n) is 16.0. The van der Waals surface area contributed by atoms with Gasteiger partial charge in [-0.3, -0.25) is 4.79 Å². The van der Waals surface area contributed by atoms with E-state index in [1.54, 1.807) is 0 Å². The van der Waals surface area contributed by atoms with Gasteiger partial charge in [-0.05, 0) is 29.8 Å². The lowest BCUT2D eigenvalue weighted by Gasteiger charge is -2.25. The van der Waals surface area contributed by atoms with E-state index >= 15 is 0 Å². The molecule has 0 fully saturated rings. The molecular formula is C19H15F7N4O2. The molecule has 1 unspecified atom stereocenters. The van der Waals surface area contributed by atoms with Crippen molar-refractivity contribution < 1.29 is 40.3 Å². The number of nitrogens with zero attached hydrogens (tertiary/aromatic N) is 2. The Morgan fingerprint density at radius 3 is 2.31 bits per heavy atom. The number of anilines is 1. The van der Waals surface area contributed by atoms with Gasteiger partial charge in [-0.2, -0.15) is 22.0 Å². The standard InChI is InChI=1S/C19H15F7N4O2/c20-12-5-2-6-13(21)14(12)17-28-16(15(27)31)29-30(17)11-4-1-3-10(7-11)8-32-9-18(22,23)19(24,25)26/h1-7,17H,8-9H2,(H2,27,31)(H,28,29). The molecule has 2 aromatic rings. The third kappa shape index (κ3) is 4.77. The Balaban J connectivity index is 1.86. The second-order valence-corrected chi connectivity index (χ2v) is 6.70. The highest BCUT2D eigenvalue weighted by Gasteiger charge is 2.57. The molecule has 3 N–H and O–H groups in total. The Bertz CT molecular complexity index is 1020. The maximum atomic E-state index is 14.3. The molecule has 0 spiro atoms. The monoisotopic (exact) mass is 464 g/mol. The second-order valence-electron chi connectivity index (χ2n) is 6.70. The van der Waals surface area contributed by atoms with Crippen molar-refractivity contribution in [2.45, 2.75) is 24.9 Å². The molecule has 13 heteroatoms. The van der Waals surface area contributed by atoms with Crippen molar-refractivity contribution in [3.05, 3.63) is 65.2 Å². The van der Waals surface area contributed by atoms with Gasteiger partial charge in [0.25, 0.3) is 5.91 Å². The molecule has 0 aliphatic carbocycles. The maximum Gasteiger partial charge on any atom is 0.455 e. The third-order valence-corrected chi connectivity index (χ3v) is 4.37. The van der Waals surface area contributed by atoms with Gasteiger partial charge in [0, 0.05) is 0 Å². The lowest BCUT2D eigenvalue weighted by Crippen LogP contribution is -2.40. The number of nitrogens with one attached hydrogen (secondary N) is 1. The quantitative estimate of drug-likeness (QED) is 0.614. The number of amides is 1. The van der Waals surface area contributed by atoms with E-state index in [0.29, 0.717) is 0 Å². The Labute approximate surface area is 176 Å². The van der Waals surface area contributed by atoms with Crippen LogP contribution in [-0.2, 0) is 16.1 Å². The number of halogens is 7. The number of ether oxygens (including phenoxy) is 1. The Kier molecular flexibility index (Phi) is 6.30. The van der Waals surface area contributed by atoms with Gasteiger partial charge in [0.15, 0.2) is 6.17 Å². The van der Waals surface area contributed by atoms with Crippen molar-refractivity contribution in [1.82, 2.24) is 5.32 Å². The van der Waals surface area contributed by atoms with Crippen LogP contribution in [0.3, 0.4) is 0 Å². The van der Waals surface area contributed by atoms with E-state index in [9.17, 15) is 35.5 Å². The summed E-state index contributed by atoms with van der Waals surface area (Å²) in [7, 11) is 0. The minimum absolute atomic E-state index is 0.130. The van der Waals surface area contributed by atoms with Gasteiger partial charge in [0.05, 0.1) is 17.9 Å². The number of hydrogen-bond donors (Lipinski definition) is 2. The van der Waals surface area contributed by atoms with Crippen LogP contribution in [0, 0.1) is 11.6 Å². The maximum absolute atomic E-state index is 14.3. The normalized spacial score (nSPS) is 16.7. The molecule has 1 aliphatic rings. The minimum atomic E-state index is -5.76. The van der Waals surface area contributed by atoms with Crippen molar-refractivity contribution in [1.29, 1.82) is 0 Å². The summed E-state index contributed by atoms with van der Waals surface area (Å²) in [6.07, 6.45) is -7.09. The van der Waals surface area contributed by atoms with Crippen LogP contribution < -0.4 is 16.1 Å². The summed E-state index contributed by atoms with van der Waals surface area (Å²) in [5.74, 6) is -8.32. The molecule has 1 heterocycles. The molecule has 0 radical (unpaired) electrons. The van der Waals surface area contributed by atoms with Crippen LogP contribution in [0.4, 0.5) is 36.4 Å². The fourth-order valence-electron chi connectivity index (χ4n) is 2.85. The van der Waals surface area contributed by atoms with Crippen molar-refractivity contribution in [2.75, 3.05) is 11.6 Å². The number of benzene rings is 2. The SMILES string of the molecule is NC(=O)C1=NN(c2cccc(COCC(F)(F)C(F)(F)F)c2)C(c2c(F)cccc2F)N1. The molecule has 1 aliphatic heterocycles. The topological polar surface area (TPSA) is 80.0 Å². The zero-order valence-corrected chi connectivity index (χ0v) is 16.0. The molecular weight excluding hydrogens is 449 g/mol. The fourth-order valence-corrected chi connectivity index (χ4v) is 2.85. The number of carbonyl (C=O) groups excluding carboxylic acids is 1. The molecule has 1 amide bonds. The Morgan fingerprint density at radius 2 is 1.72 bits per heavy atom. The van der Waals surface area contributed by atoms with E-state index in [4.69, 9.17) is 5.73 Å². The number of alkyl halides is 5. The van der Waals surface area contributed by atoms with Crippen LogP contribution >= 0.6 is 0 Å². The molecule has 1 atom stereocenters. The Hall–Kier alpha value is -3.35. The molecule has 0 aromatic heterocycles. The van der Waals surface area contributed by atoms with Crippen molar-refractivity contribution in [2.24, 2.45) is 10.8 Å². The van der Waals surface area contributed by atoms with E-state index in [1.807, 2.05) is 0 Å². The first-order valence-electron chi connectivity index (χ1n) is 8.90. The molecule has 2 aromatic carbocycles. The highest BCUT2D eigenvalue weighted by atomic mass is 19.4. The number of primary amides is 1. The fraction of sp³-hybridized carbons (Fsp3) is 0.263. The van der Waals surface area contributed by atoms with E-state index in [0.717, 1.165) is 23.2 Å². The first-order valence-corrected chi connectivity index (χ1v) is 8.90. The van der Waals surface area contributed by atoms with Crippen LogP contribution in [0.5, 0.6) is 0 Å². The zero-order chi connectivity index (χ0) is 23.7. The highest BCUT2D eigenvalue weighted by molar-refractivity contribution is 6.38. The van der Waals surface area contributed by atoms with Gasteiger partial charge < -0.3 is 15.8 Å². The smallest absolute Gasteiger partial charge is 0.370 e. The lowest BCUT2D eigenvalue weighted by atomic mass is 10.1. The second kappa shape index (κ2) is 8.65. The van der Waals surface area contributed by atoms with Gasteiger partial charge >= 0.3 is 12.1 Å². The third-order valence-electron chi connectivity index (χ3n) is 4.37. The molecule has 0 saturated carbocycles. The summed E-state index contributed by atoms with van der Waals surface area (Å²) < 4.78 is 95.8. The largest absolute Gasteiger partial charge is 0.455 e. The number of hydrogen-bond acceptors (Lipinski definition) is 5. The lowest BCUT2D eigenvalue weighted by molar-refractivity contribution is -0.297. The van der Waals surface area contributed by atoms with Crippen LogP contribution in [0.25, 0.3) is 0 Å². The first kappa shape index (κ1) is 23.3. The first-order chi connectivity index (χ1) is 14.9. The summed E-state index contributed by atoms with van der Waals surface area (Å²) in [5.41, 5.74) is 5.02. The average molecular weight is 464 g/mol. The van der Waals surface area contributed by atoms with Gasteiger partial charge in [0.1, 0.15) is 18.2 Å². The summed E-state index contributed by atoms with van der Waals surface area (Å²) in [6, 6.07) is 8.58. The summed E-state index contributed by atoms with van der Waals surface area (Å²) >= 11 is 0. The van der Waals surface area contributed by atoms with Crippen LogP contribution in [0.1, 0.15) is 17.3 Å². The van der Waals surface area contributed by atoms with Gasteiger partial charge in [-0.25, -0.2) is 13.8 Å². The Morgan fingerprint density at radius 1 is 1.09 bits per heavy atom. The highest BCUT2D eigenvalue weighted by Crippen LogP contribution is 2.36. The van der Waals surface area contributed by atoms with Crippen molar-refractivity contribution >= 4 is 17.4 Å². The van der Waals surface area contributed by atoms with E-state index in [1.165, 1.54) is 24.3 Å². The molecule has 0 bridgehead atoms. The van der Waals surface area contributed by atoms with E-state index < -0.39 is 60.4 Å². The van der Waals surface area contributed by atoms with Crippen LogP contribution in [0.2, 0.25) is 0 Å². The number of rotatable bonds is 7. The van der Waals surface area contributed by atoms with Crippen LogP contribution in [-0.4, -0.2) is 30.4 Å². The summed E-state index contributed by atoms with van der Waals surface area (Å²) in [6.45, 7) is -2.51. The summed E-state index contributed by atoms with van der Waals surface area (Å²) in [5, 5.41) is 7.44. The minimum Gasteiger partial charge on any atom is -0.370 e. The van der Waals surface area contributed by atoms with Gasteiger partial charge in [-0.1, -0.05) is 18.2 Å². The van der Waals surface area contributed by atoms with E-state index in [-0.39, 0.29) is 11.3 Å². The van der Waals surface area contributed by atoms with Crippen molar-refractivity contribution in [3.63, 3.8) is 0 Å². The number of hydrazone groups is 1. The van der Waals surface area contributed by atoms with E-state index in [2.05, 4.69) is 15.2 Å². The molecule has 32 heavy (non-hydrogen) atoms. The van der Waals surface area contributed by atoms with Crippen molar-refractivity contribution in [3.8, 4) is 0 Å². The van der Waals surface area contributed by atoms with Crippen LogP contribution in [0.15, 0.2) is 47.6 Å². The van der Waals surface area contributed by atoms with Gasteiger partial charge in [0.2, 0.25) is 5.84 Å². The average Bonchev–Trinajstić information content (AvgIpc) is 3.12. The summed E-state index contributed by atoms with van der Waals surface area (Å²) in [4.78, 5) is 11.5. The molecule has 172 valence electrons. The number of nitrogens with two attached hydrogens (primary N) is 1. The molecule has 6 nitrogen and oxygen atoms in total.